The van der Waals surface area contributed by atoms with E-state index in [0.717, 1.165) is 45.5 Å². The van der Waals surface area contributed by atoms with E-state index in [1.54, 1.807) is 0 Å². The van der Waals surface area contributed by atoms with E-state index in [1.165, 1.54) is 0 Å². The number of hydrogen-bond donors (Lipinski definition) is 4. The van der Waals surface area contributed by atoms with Gasteiger partial charge in [-0.1, -0.05) is 30.3 Å². The van der Waals surface area contributed by atoms with E-state index < -0.39 is 0 Å². The van der Waals surface area contributed by atoms with Crippen LogP contribution in [0, 0.1) is 6.92 Å². The molecule has 0 aliphatic rings. The average molecular weight is 344 g/mol. The van der Waals surface area contributed by atoms with Gasteiger partial charge in [-0.05, 0) is 30.7 Å². The molecule has 0 bridgehead atoms. The van der Waals surface area contributed by atoms with Gasteiger partial charge in [0.2, 0.25) is 0 Å². The number of benzene rings is 2. The second-order valence-corrected chi connectivity index (χ2v) is 6.14. The Morgan fingerprint density at radius 1 is 0.923 bits per heavy atom. The van der Waals surface area contributed by atoms with Gasteiger partial charge >= 0.3 is 0 Å². The topological polar surface area (TPSA) is 95.4 Å². The summed E-state index contributed by atoms with van der Waals surface area (Å²) in [5, 5.41) is 3.37. The summed E-state index contributed by atoms with van der Waals surface area (Å²) in [6.45, 7) is 2.55. The van der Waals surface area contributed by atoms with Crippen LogP contribution in [-0.4, -0.2) is 19.9 Å². The quantitative estimate of drug-likeness (QED) is 0.412. The highest BCUT2D eigenvalue weighted by atomic mass is 15.0. The van der Waals surface area contributed by atoms with Crippen molar-refractivity contribution in [1.29, 1.82) is 0 Å². The molecule has 6 heteroatoms. The second kappa shape index (κ2) is 6.76. The van der Waals surface area contributed by atoms with Gasteiger partial charge in [0, 0.05) is 16.9 Å². The summed E-state index contributed by atoms with van der Waals surface area (Å²) in [7, 11) is 0. The Morgan fingerprint density at radius 3 is 2.42 bits per heavy atom. The predicted octanol–water partition coefficient (Wildman–Crippen LogP) is 3.97. The Labute approximate surface area is 151 Å². The highest BCUT2D eigenvalue weighted by molar-refractivity contribution is 5.73. The minimum Gasteiger partial charge on any atom is -0.398 e. The summed E-state index contributed by atoms with van der Waals surface area (Å²) in [6.07, 6.45) is 3.66. The molecule has 0 amide bonds. The number of hydrogen-bond acceptors (Lipinski definition) is 4. The van der Waals surface area contributed by atoms with Crippen LogP contribution in [0.2, 0.25) is 0 Å². The van der Waals surface area contributed by atoms with Gasteiger partial charge in [-0.25, -0.2) is 9.97 Å². The zero-order valence-corrected chi connectivity index (χ0v) is 14.5. The third kappa shape index (κ3) is 3.30. The maximum absolute atomic E-state index is 6.02. The van der Waals surface area contributed by atoms with Crippen LogP contribution in [-0.2, 0) is 6.54 Å². The number of anilines is 2. The number of aromatic nitrogens is 4. The Hall–Kier alpha value is -3.54. The van der Waals surface area contributed by atoms with Crippen LogP contribution in [0.15, 0.2) is 60.9 Å². The molecule has 6 nitrogen and oxygen atoms in total. The molecule has 0 saturated heterocycles. The van der Waals surface area contributed by atoms with Gasteiger partial charge in [0.05, 0.1) is 30.3 Å². The number of nitrogens with zero attached hydrogens (tertiary/aromatic N) is 2. The number of nitrogens with two attached hydrogens (primary N) is 1. The summed E-state index contributed by atoms with van der Waals surface area (Å²) in [6, 6.07) is 16.0. The average Bonchev–Trinajstić information content (AvgIpc) is 3.30. The van der Waals surface area contributed by atoms with Crippen molar-refractivity contribution < 1.29 is 0 Å². The Bertz CT molecular complexity index is 1010. The predicted molar refractivity (Wildman–Crippen MR) is 105 cm³/mol. The third-order valence-corrected chi connectivity index (χ3v) is 4.24. The number of aryl methyl sites for hydroxylation is 1. The van der Waals surface area contributed by atoms with Crippen LogP contribution in [0.25, 0.3) is 22.5 Å². The third-order valence-electron chi connectivity index (χ3n) is 4.24. The van der Waals surface area contributed by atoms with Gasteiger partial charge in [-0.15, -0.1) is 0 Å². The first-order chi connectivity index (χ1) is 12.7. The molecule has 0 atom stereocenters. The fourth-order valence-electron chi connectivity index (χ4n) is 2.85. The Kier molecular flexibility index (Phi) is 4.15. The van der Waals surface area contributed by atoms with Crippen LogP contribution in [0.1, 0.15) is 11.6 Å². The zero-order valence-electron chi connectivity index (χ0n) is 14.5. The Balaban J connectivity index is 1.42. The smallest absolute Gasteiger partial charge is 0.125 e. The fraction of sp³-hybridized carbons (Fsp3) is 0.100. The first-order valence-electron chi connectivity index (χ1n) is 8.44. The summed E-state index contributed by atoms with van der Waals surface area (Å²) < 4.78 is 0. The molecule has 0 aliphatic heterocycles. The molecule has 130 valence electrons. The lowest BCUT2D eigenvalue weighted by Gasteiger charge is -2.06. The minimum absolute atomic E-state index is 0.606. The number of nitrogen functional groups attached to an aromatic ring is 1. The second-order valence-electron chi connectivity index (χ2n) is 6.14. The molecule has 0 fully saturated rings. The summed E-state index contributed by atoms with van der Waals surface area (Å²) in [5.41, 5.74) is 11.8. The van der Waals surface area contributed by atoms with Gasteiger partial charge < -0.3 is 21.0 Å². The fourth-order valence-corrected chi connectivity index (χ4v) is 2.85. The van der Waals surface area contributed by atoms with Crippen molar-refractivity contribution in [1.82, 2.24) is 19.9 Å². The van der Waals surface area contributed by atoms with Gasteiger partial charge in [-0.3, -0.25) is 0 Å². The lowest BCUT2D eigenvalue weighted by Crippen LogP contribution is -2.01. The van der Waals surface area contributed by atoms with Crippen molar-refractivity contribution >= 4 is 11.4 Å². The minimum atomic E-state index is 0.606. The molecule has 2 heterocycles. The van der Waals surface area contributed by atoms with Gasteiger partial charge in [-0.2, -0.15) is 0 Å². The van der Waals surface area contributed by atoms with Crippen LogP contribution in [0.5, 0.6) is 0 Å². The van der Waals surface area contributed by atoms with Crippen LogP contribution in [0.3, 0.4) is 0 Å². The molecule has 0 aliphatic carbocycles. The maximum atomic E-state index is 6.02. The largest absolute Gasteiger partial charge is 0.398 e. The number of H-pyrrole nitrogens is 2. The monoisotopic (exact) mass is 344 g/mol. The first-order valence-corrected chi connectivity index (χ1v) is 8.44. The van der Waals surface area contributed by atoms with Gasteiger partial charge in [0.1, 0.15) is 11.6 Å². The van der Waals surface area contributed by atoms with E-state index in [1.807, 2.05) is 55.7 Å². The SMILES string of the molecule is Cc1ncc(-c2ccc(NCc3ncc(-c4ccccc4N)[nH]3)cc2)[nH]1. The van der Waals surface area contributed by atoms with Crippen LogP contribution in [0.4, 0.5) is 11.4 Å². The highest BCUT2D eigenvalue weighted by Crippen LogP contribution is 2.24. The molecule has 26 heavy (non-hydrogen) atoms. The number of rotatable bonds is 5. The molecular weight excluding hydrogens is 324 g/mol. The molecule has 5 N–H and O–H groups in total. The standard InChI is InChI=1S/C20H20N6/c1-13-22-10-18(25-13)14-6-8-15(9-7-14)23-12-20-24-11-19(26-20)16-4-2-3-5-17(16)21/h2-11,23H,12,21H2,1H3,(H,22,25)(H,24,26). The van der Waals surface area contributed by atoms with Crippen molar-refractivity contribution in [2.45, 2.75) is 13.5 Å². The zero-order chi connectivity index (χ0) is 17.9. The van der Waals surface area contributed by atoms with Crippen molar-refractivity contribution in [3.05, 3.63) is 72.6 Å². The summed E-state index contributed by atoms with van der Waals surface area (Å²) >= 11 is 0. The van der Waals surface area contributed by atoms with E-state index in [2.05, 4.69) is 37.4 Å². The van der Waals surface area contributed by atoms with E-state index in [0.29, 0.717) is 6.54 Å². The summed E-state index contributed by atoms with van der Waals surface area (Å²) in [4.78, 5) is 15.2. The maximum Gasteiger partial charge on any atom is 0.125 e. The number of nitrogens with one attached hydrogen (secondary N) is 3. The lowest BCUT2D eigenvalue weighted by molar-refractivity contribution is 1.00. The van der Waals surface area contributed by atoms with E-state index in [-0.39, 0.29) is 0 Å². The molecule has 0 spiro atoms. The van der Waals surface area contributed by atoms with E-state index in [9.17, 15) is 0 Å². The number of aromatic amines is 2. The highest BCUT2D eigenvalue weighted by Gasteiger charge is 2.06. The van der Waals surface area contributed by atoms with E-state index >= 15 is 0 Å². The van der Waals surface area contributed by atoms with E-state index in [4.69, 9.17) is 5.73 Å². The normalized spacial score (nSPS) is 10.8. The van der Waals surface area contributed by atoms with Crippen LogP contribution >= 0.6 is 0 Å². The molecule has 0 unspecified atom stereocenters. The van der Waals surface area contributed by atoms with Gasteiger partial charge in [0.25, 0.3) is 0 Å². The van der Waals surface area contributed by atoms with Crippen LogP contribution < -0.4 is 11.1 Å². The van der Waals surface area contributed by atoms with Crippen molar-refractivity contribution in [2.75, 3.05) is 11.1 Å². The number of imidazole rings is 2. The molecule has 4 rings (SSSR count). The van der Waals surface area contributed by atoms with Crippen molar-refractivity contribution in [3.8, 4) is 22.5 Å². The number of para-hydroxylation sites is 1. The van der Waals surface area contributed by atoms with Crippen molar-refractivity contribution in [3.63, 3.8) is 0 Å². The van der Waals surface area contributed by atoms with Crippen molar-refractivity contribution in [2.24, 2.45) is 0 Å². The first kappa shape index (κ1) is 16.0. The molecule has 4 aromatic rings. The molecule has 0 saturated carbocycles. The summed E-state index contributed by atoms with van der Waals surface area (Å²) in [5.74, 6) is 1.77. The molecule has 0 radical (unpaired) electrons. The molecule has 2 aromatic carbocycles. The molecular formula is C20H20N6. The lowest BCUT2D eigenvalue weighted by atomic mass is 10.1. The van der Waals surface area contributed by atoms with Gasteiger partial charge in [0.15, 0.2) is 0 Å². The molecule has 2 aromatic heterocycles. The Morgan fingerprint density at radius 2 is 1.69 bits per heavy atom.